The number of ketones is 1. The molecule has 0 bridgehead atoms. The van der Waals surface area contributed by atoms with Crippen molar-refractivity contribution in [2.24, 2.45) is 0 Å². The lowest BCUT2D eigenvalue weighted by Gasteiger charge is -2.28. The quantitative estimate of drug-likeness (QED) is 0.634. The highest BCUT2D eigenvalue weighted by Crippen LogP contribution is 2.33. The Morgan fingerprint density at radius 2 is 1.79 bits per heavy atom. The summed E-state index contributed by atoms with van der Waals surface area (Å²) >= 11 is 0. The zero-order valence-corrected chi connectivity index (χ0v) is 13.6. The second kappa shape index (κ2) is 5.17. The van der Waals surface area contributed by atoms with E-state index < -0.39 is 18.3 Å². The molecule has 0 aromatic heterocycles. The second-order valence-corrected chi connectivity index (χ2v) is 12.4. The fraction of sp³-hybridized carbons (Fsp3) is 0.462. The minimum absolute atomic E-state index is 0.00401. The average Bonchev–Trinajstić information content (AvgIpc) is 2.16. The van der Waals surface area contributed by atoms with Crippen LogP contribution in [0.4, 0.5) is 3.89 Å². The molecule has 106 valence electrons. The summed E-state index contributed by atoms with van der Waals surface area (Å²) in [7, 11) is -6.63. The largest absolute Gasteiger partial charge is 0.332 e. The molecule has 1 atom stereocenters. The maximum atomic E-state index is 13.2. The number of hydrogen-bond donors (Lipinski definition) is 0. The molecule has 0 fully saturated rings. The predicted octanol–water partition coefficient (Wildman–Crippen LogP) is 3.20. The summed E-state index contributed by atoms with van der Waals surface area (Å²) in [5.41, 5.74) is 0.646. The van der Waals surface area contributed by atoms with Crippen LogP contribution >= 0.6 is 0 Å². The normalized spacial score (nSPS) is 14.2. The monoisotopic (exact) mass is 302 g/mol. The lowest BCUT2D eigenvalue weighted by molar-refractivity contribution is -0.117. The van der Waals surface area contributed by atoms with Gasteiger partial charge in [-0.25, -0.2) is 0 Å². The summed E-state index contributed by atoms with van der Waals surface area (Å²) in [6.45, 7) is 9.16. The van der Waals surface area contributed by atoms with Crippen molar-refractivity contribution >= 4 is 24.1 Å². The zero-order valence-electron chi connectivity index (χ0n) is 11.8. The van der Waals surface area contributed by atoms with Crippen LogP contribution in [0.2, 0.25) is 19.6 Å². The molecule has 3 nitrogen and oxygen atoms in total. The smallest absolute Gasteiger partial charge is 0.300 e. The molecule has 0 saturated carbocycles. The Bertz CT molecular complexity index is 603. The number of halogens is 1. The highest BCUT2D eigenvalue weighted by Gasteiger charge is 2.34. The van der Waals surface area contributed by atoms with Gasteiger partial charge in [0.05, 0.1) is 8.07 Å². The van der Waals surface area contributed by atoms with Crippen molar-refractivity contribution in [3.8, 4) is 0 Å². The lowest BCUT2D eigenvalue weighted by Crippen LogP contribution is -2.36. The van der Waals surface area contributed by atoms with Crippen molar-refractivity contribution in [1.29, 1.82) is 0 Å². The van der Waals surface area contributed by atoms with Crippen molar-refractivity contribution in [3.63, 3.8) is 0 Å². The van der Waals surface area contributed by atoms with Gasteiger partial charge in [0.15, 0.2) is 0 Å². The van der Waals surface area contributed by atoms with Gasteiger partial charge in [-0.1, -0.05) is 31.8 Å². The first kappa shape index (κ1) is 16.0. The minimum Gasteiger partial charge on any atom is -0.300 e. The van der Waals surface area contributed by atoms with Gasteiger partial charge in [0.25, 0.3) is 0 Å². The van der Waals surface area contributed by atoms with E-state index in [1.807, 2.05) is 19.6 Å². The van der Waals surface area contributed by atoms with Crippen LogP contribution in [-0.4, -0.2) is 22.3 Å². The number of rotatable bonds is 4. The molecule has 0 saturated heterocycles. The molecule has 1 rings (SSSR count). The summed E-state index contributed by atoms with van der Waals surface area (Å²) in [5, 5.41) is 0. The summed E-state index contributed by atoms with van der Waals surface area (Å²) < 4.78 is 35.4. The van der Waals surface area contributed by atoms with Crippen LogP contribution in [0, 0.1) is 6.92 Å². The highest BCUT2D eigenvalue weighted by atomic mass is 32.3. The molecule has 0 aliphatic rings. The van der Waals surface area contributed by atoms with E-state index in [-0.39, 0.29) is 16.2 Å². The molecule has 0 heterocycles. The maximum absolute atomic E-state index is 13.2. The van der Waals surface area contributed by atoms with Crippen molar-refractivity contribution < 1.29 is 17.1 Å². The molecule has 0 spiro atoms. The Morgan fingerprint density at radius 1 is 1.26 bits per heavy atom. The van der Waals surface area contributed by atoms with Crippen molar-refractivity contribution in [2.75, 3.05) is 0 Å². The van der Waals surface area contributed by atoms with Crippen LogP contribution in [0.1, 0.15) is 23.6 Å². The van der Waals surface area contributed by atoms with E-state index >= 15 is 0 Å². The summed E-state index contributed by atoms with van der Waals surface area (Å²) in [5.74, 6) is -0.00401. The van der Waals surface area contributed by atoms with Gasteiger partial charge in [-0.05, 0) is 31.0 Å². The third-order valence-electron chi connectivity index (χ3n) is 3.17. The van der Waals surface area contributed by atoms with E-state index in [1.54, 1.807) is 13.0 Å². The molecular weight excluding hydrogens is 283 g/mol. The minimum atomic E-state index is -4.76. The summed E-state index contributed by atoms with van der Waals surface area (Å²) in [6.07, 6.45) is 0. The van der Waals surface area contributed by atoms with Gasteiger partial charge in [0, 0.05) is 5.54 Å². The summed E-state index contributed by atoms with van der Waals surface area (Å²) in [4.78, 5) is 11.6. The van der Waals surface area contributed by atoms with E-state index in [2.05, 4.69) is 0 Å². The van der Waals surface area contributed by atoms with Crippen LogP contribution < -0.4 is 0 Å². The van der Waals surface area contributed by atoms with Gasteiger partial charge in [-0.15, -0.1) is 3.89 Å². The van der Waals surface area contributed by atoms with E-state index in [1.165, 1.54) is 19.1 Å². The Morgan fingerprint density at radius 3 is 2.16 bits per heavy atom. The lowest BCUT2D eigenvalue weighted by atomic mass is 10.0. The molecule has 1 aromatic rings. The third kappa shape index (κ3) is 3.51. The Kier molecular flexibility index (Phi) is 4.36. The molecule has 0 aliphatic carbocycles. The Labute approximate surface area is 115 Å². The Hall–Kier alpha value is -1.01. The predicted molar refractivity (Wildman–Crippen MR) is 76.2 cm³/mol. The number of benzene rings is 1. The van der Waals surface area contributed by atoms with Crippen molar-refractivity contribution in [1.82, 2.24) is 0 Å². The maximum Gasteiger partial charge on any atom is 0.332 e. The molecule has 1 unspecified atom stereocenters. The van der Waals surface area contributed by atoms with Gasteiger partial charge in [0.2, 0.25) is 0 Å². The molecular formula is C13H19FO3SSi. The molecule has 0 amide bonds. The molecule has 6 heteroatoms. The standard InChI is InChI=1S/C13H19FO3SSi/c1-9-11(13(10(2)15)19(3,4)5)7-6-8-12(9)18(14,16)17/h6-8,13H,1-5H3. The second-order valence-electron chi connectivity index (χ2n) is 5.82. The first-order valence-electron chi connectivity index (χ1n) is 6.01. The van der Waals surface area contributed by atoms with Crippen molar-refractivity contribution in [2.45, 2.75) is 43.9 Å². The Balaban J connectivity index is 3.56. The number of Topliss-reactive ketones (excluding diaryl/α,β-unsaturated/α-hetero) is 1. The van der Waals surface area contributed by atoms with Gasteiger partial charge in [-0.3, -0.25) is 4.79 Å². The fourth-order valence-corrected chi connectivity index (χ4v) is 5.69. The van der Waals surface area contributed by atoms with Crippen LogP contribution in [0.5, 0.6) is 0 Å². The summed E-state index contributed by atoms with van der Waals surface area (Å²) in [6, 6.07) is 4.44. The average molecular weight is 302 g/mol. The van der Waals surface area contributed by atoms with Gasteiger partial charge >= 0.3 is 10.2 Å². The van der Waals surface area contributed by atoms with E-state index in [0.29, 0.717) is 11.1 Å². The molecule has 0 aliphatic heterocycles. The first-order valence-corrected chi connectivity index (χ1v) is 11.0. The highest BCUT2D eigenvalue weighted by molar-refractivity contribution is 7.86. The van der Waals surface area contributed by atoms with Gasteiger partial charge in [0.1, 0.15) is 10.7 Å². The van der Waals surface area contributed by atoms with Crippen LogP contribution in [-0.2, 0) is 15.0 Å². The molecule has 19 heavy (non-hydrogen) atoms. The first-order chi connectivity index (χ1) is 8.46. The van der Waals surface area contributed by atoms with Gasteiger partial charge in [-0.2, -0.15) is 8.42 Å². The molecule has 0 radical (unpaired) electrons. The van der Waals surface area contributed by atoms with Crippen LogP contribution in [0.25, 0.3) is 0 Å². The van der Waals surface area contributed by atoms with Crippen LogP contribution in [0.15, 0.2) is 23.1 Å². The van der Waals surface area contributed by atoms with E-state index in [4.69, 9.17) is 0 Å². The molecule has 1 aromatic carbocycles. The SMILES string of the molecule is CC(=O)C(c1cccc(S(=O)(=O)F)c1C)[Si](C)(C)C. The zero-order chi connectivity index (χ0) is 15.0. The number of hydrogen-bond acceptors (Lipinski definition) is 3. The molecule has 0 N–H and O–H groups in total. The van der Waals surface area contributed by atoms with Gasteiger partial charge < -0.3 is 0 Å². The van der Waals surface area contributed by atoms with Crippen molar-refractivity contribution in [3.05, 3.63) is 29.3 Å². The number of carbonyl (C=O) groups is 1. The third-order valence-corrected chi connectivity index (χ3v) is 6.59. The topological polar surface area (TPSA) is 51.2 Å². The van der Waals surface area contributed by atoms with Crippen LogP contribution in [0.3, 0.4) is 0 Å². The van der Waals surface area contributed by atoms with E-state index in [0.717, 1.165) is 0 Å². The fourth-order valence-electron chi connectivity index (χ4n) is 2.50. The number of carbonyl (C=O) groups excluding carboxylic acids is 1. The van der Waals surface area contributed by atoms with E-state index in [9.17, 15) is 17.1 Å².